The molecule has 0 unspecified atom stereocenters. The molecule has 1 aliphatic heterocycles. The van der Waals surface area contributed by atoms with E-state index in [1.54, 1.807) is 4.90 Å². The number of hydrogen-bond donors (Lipinski definition) is 3. The molecule has 0 aliphatic carbocycles. The molecular weight excluding hydrogens is 236 g/mol. The number of aromatic nitrogens is 2. The molecule has 0 spiro atoms. The van der Waals surface area contributed by atoms with Crippen molar-refractivity contribution in [3.8, 4) is 0 Å². The lowest BCUT2D eigenvalue weighted by molar-refractivity contribution is -0.120. The molecule has 1 aliphatic rings. The highest BCUT2D eigenvalue weighted by Gasteiger charge is 2.21. The van der Waals surface area contributed by atoms with Gasteiger partial charge in [0, 0.05) is 26.1 Å². The number of rotatable bonds is 2. The zero-order valence-corrected chi connectivity index (χ0v) is 9.72. The van der Waals surface area contributed by atoms with E-state index < -0.39 is 0 Å². The Labute approximate surface area is 104 Å². The van der Waals surface area contributed by atoms with Gasteiger partial charge < -0.3 is 15.6 Å². The first-order valence-electron chi connectivity index (χ1n) is 5.55. The Morgan fingerprint density at radius 1 is 1.44 bits per heavy atom. The number of carbonyl (C=O) groups excluding carboxylic acids is 2. The summed E-state index contributed by atoms with van der Waals surface area (Å²) in [6, 6.07) is 0. The Morgan fingerprint density at radius 3 is 3.06 bits per heavy atom. The highest BCUT2D eigenvalue weighted by molar-refractivity contribution is 5.93. The van der Waals surface area contributed by atoms with E-state index >= 15 is 0 Å². The first-order chi connectivity index (χ1) is 8.70. The fourth-order valence-corrected chi connectivity index (χ4v) is 1.67. The van der Waals surface area contributed by atoms with Crippen LogP contribution in [0, 0.1) is 0 Å². The molecule has 96 valence electrons. The molecule has 2 rings (SSSR count). The number of hydrazine groups is 1. The van der Waals surface area contributed by atoms with Gasteiger partial charge in [0.1, 0.15) is 5.69 Å². The van der Waals surface area contributed by atoms with Crippen LogP contribution in [0.4, 0.5) is 5.82 Å². The predicted octanol–water partition coefficient (Wildman–Crippen LogP) is -1.28. The molecule has 1 aromatic rings. The number of carbonyl (C=O) groups is 2. The minimum atomic E-state index is -0.254. The van der Waals surface area contributed by atoms with Crippen LogP contribution in [0.1, 0.15) is 16.9 Å². The van der Waals surface area contributed by atoms with E-state index in [4.69, 9.17) is 5.84 Å². The highest BCUT2D eigenvalue weighted by atomic mass is 16.2. The van der Waals surface area contributed by atoms with Crippen LogP contribution in [-0.2, 0) is 4.79 Å². The predicted molar refractivity (Wildman–Crippen MR) is 63.4 cm³/mol. The summed E-state index contributed by atoms with van der Waals surface area (Å²) in [4.78, 5) is 32.8. The third-order valence-electron chi connectivity index (χ3n) is 2.60. The zero-order valence-electron chi connectivity index (χ0n) is 9.72. The number of anilines is 1. The molecule has 1 saturated heterocycles. The number of nitrogens with one attached hydrogen (secondary N) is 2. The van der Waals surface area contributed by atoms with Crippen LogP contribution in [0.15, 0.2) is 12.4 Å². The van der Waals surface area contributed by atoms with Gasteiger partial charge in [-0.3, -0.25) is 14.6 Å². The van der Waals surface area contributed by atoms with Crippen LogP contribution in [0.5, 0.6) is 0 Å². The average Bonchev–Trinajstić information content (AvgIpc) is 2.63. The van der Waals surface area contributed by atoms with Crippen molar-refractivity contribution in [1.29, 1.82) is 0 Å². The molecule has 1 aromatic heterocycles. The summed E-state index contributed by atoms with van der Waals surface area (Å²) in [6.45, 7) is 1.30. The Kier molecular flexibility index (Phi) is 3.68. The van der Waals surface area contributed by atoms with Crippen molar-refractivity contribution in [2.24, 2.45) is 5.84 Å². The second-order valence-electron chi connectivity index (χ2n) is 3.83. The topological polar surface area (TPSA) is 113 Å². The number of nitrogen functional groups attached to an aromatic ring is 1. The van der Waals surface area contributed by atoms with Gasteiger partial charge in [-0.15, -0.1) is 0 Å². The van der Waals surface area contributed by atoms with Crippen LogP contribution < -0.4 is 16.6 Å². The van der Waals surface area contributed by atoms with E-state index in [1.165, 1.54) is 12.4 Å². The van der Waals surface area contributed by atoms with Crippen LogP contribution in [0.3, 0.4) is 0 Å². The van der Waals surface area contributed by atoms with Crippen molar-refractivity contribution in [2.75, 3.05) is 25.1 Å². The Balaban J connectivity index is 2.12. The molecule has 2 amide bonds. The van der Waals surface area contributed by atoms with Crippen molar-refractivity contribution in [2.45, 2.75) is 6.42 Å². The fourth-order valence-electron chi connectivity index (χ4n) is 1.67. The van der Waals surface area contributed by atoms with E-state index in [1.807, 2.05) is 0 Å². The third kappa shape index (κ3) is 2.72. The van der Waals surface area contributed by atoms with Gasteiger partial charge in [-0.2, -0.15) is 0 Å². The lowest BCUT2D eigenvalue weighted by Gasteiger charge is -2.18. The molecular formula is C10H14N6O2. The molecule has 4 N–H and O–H groups in total. The summed E-state index contributed by atoms with van der Waals surface area (Å²) in [5.74, 6) is 5.23. The first kappa shape index (κ1) is 12.2. The summed E-state index contributed by atoms with van der Waals surface area (Å²) in [7, 11) is 0. The Bertz CT molecular complexity index is 463. The smallest absolute Gasteiger partial charge is 0.274 e. The third-order valence-corrected chi connectivity index (χ3v) is 2.60. The van der Waals surface area contributed by atoms with E-state index in [0.717, 1.165) is 0 Å². The van der Waals surface area contributed by atoms with Crippen LogP contribution in [0.25, 0.3) is 0 Å². The van der Waals surface area contributed by atoms with E-state index in [-0.39, 0.29) is 17.5 Å². The maximum atomic E-state index is 12.1. The van der Waals surface area contributed by atoms with Crippen molar-refractivity contribution < 1.29 is 9.59 Å². The van der Waals surface area contributed by atoms with E-state index in [0.29, 0.717) is 31.9 Å². The van der Waals surface area contributed by atoms with Crippen molar-refractivity contribution in [3.05, 3.63) is 18.1 Å². The minimum absolute atomic E-state index is 0.0474. The summed E-state index contributed by atoms with van der Waals surface area (Å²) < 4.78 is 0. The van der Waals surface area contributed by atoms with Gasteiger partial charge in [-0.25, -0.2) is 10.8 Å². The van der Waals surface area contributed by atoms with Crippen molar-refractivity contribution >= 4 is 17.6 Å². The van der Waals surface area contributed by atoms with Gasteiger partial charge in [-0.1, -0.05) is 0 Å². The molecule has 0 saturated carbocycles. The molecule has 1 fully saturated rings. The second-order valence-corrected chi connectivity index (χ2v) is 3.83. The number of nitrogens with zero attached hydrogens (tertiary/aromatic N) is 3. The molecule has 0 atom stereocenters. The molecule has 2 heterocycles. The van der Waals surface area contributed by atoms with E-state index in [9.17, 15) is 9.59 Å². The van der Waals surface area contributed by atoms with Crippen molar-refractivity contribution in [1.82, 2.24) is 20.2 Å². The van der Waals surface area contributed by atoms with Crippen LogP contribution >= 0.6 is 0 Å². The largest absolute Gasteiger partial charge is 0.354 e. The summed E-state index contributed by atoms with van der Waals surface area (Å²) in [5, 5.41) is 2.70. The van der Waals surface area contributed by atoms with Gasteiger partial charge in [0.25, 0.3) is 5.91 Å². The van der Waals surface area contributed by atoms with E-state index in [2.05, 4.69) is 20.7 Å². The summed E-state index contributed by atoms with van der Waals surface area (Å²) in [6.07, 6.45) is 3.10. The lowest BCUT2D eigenvalue weighted by atomic mass is 10.3. The van der Waals surface area contributed by atoms with Gasteiger partial charge in [-0.05, 0) is 0 Å². The maximum absolute atomic E-state index is 12.1. The van der Waals surface area contributed by atoms with Gasteiger partial charge in [0.05, 0.1) is 12.4 Å². The minimum Gasteiger partial charge on any atom is -0.354 e. The summed E-state index contributed by atoms with van der Waals surface area (Å²) >= 11 is 0. The summed E-state index contributed by atoms with van der Waals surface area (Å²) in [5.41, 5.74) is 2.54. The maximum Gasteiger partial charge on any atom is 0.274 e. The molecule has 0 bridgehead atoms. The number of amides is 2. The fraction of sp³-hybridized carbons (Fsp3) is 0.400. The van der Waals surface area contributed by atoms with Gasteiger partial charge >= 0.3 is 0 Å². The Morgan fingerprint density at radius 2 is 2.28 bits per heavy atom. The number of hydrogen-bond acceptors (Lipinski definition) is 6. The highest BCUT2D eigenvalue weighted by Crippen LogP contribution is 2.06. The SMILES string of the molecule is NNc1cncc(C(=O)N2CCNC(=O)CC2)n1. The average molecular weight is 250 g/mol. The first-order valence-corrected chi connectivity index (χ1v) is 5.55. The zero-order chi connectivity index (χ0) is 13.0. The normalized spacial score (nSPS) is 15.8. The second kappa shape index (κ2) is 5.41. The monoisotopic (exact) mass is 250 g/mol. The number of nitrogens with two attached hydrogens (primary N) is 1. The molecule has 0 radical (unpaired) electrons. The van der Waals surface area contributed by atoms with Crippen LogP contribution in [-0.4, -0.2) is 46.3 Å². The van der Waals surface area contributed by atoms with Crippen LogP contribution in [0.2, 0.25) is 0 Å². The van der Waals surface area contributed by atoms with Gasteiger partial charge in [0.15, 0.2) is 5.82 Å². The lowest BCUT2D eigenvalue weighted by Crippen LogP contribution is -2.35. The van der Waals surface area contributed by atoms with Gasteiger partial charge in [0.2, 0.25) is 5.91 Å². The molecule has 8 nitrogen and oxygen atoms in total. The standard InChI is InChI=1S/C10H14N6O2/c11-15-8-6-12-5-7(14-8)10(18)16-3-1-9(17)13-2-4-16/h5-6H,1-4,11H2,(H,13,17)(H,14,15). The van der Waals surface area contributed by atoms with Crippen molar-refractivity contribution in [3.63, 3.8) is 0 Å². The quantitative estimate of drug-likeness (QED) is 0.445. The molecule has 18 heavy (non-hydrogen) atoms. The molecule has 0 aromatic carbocycles. The molecule has 8 heteroatoms. The Hall–Kier alpha value is -2.22.